The minimum absolute atomic E-state index is 0.111. The number of nitrogens with zero attached hydrogens (tertiary/aromatic N) is 2. The summed E-state index contributed by atoms with van der Waals surface area (Å²) in [5.74, 6) is 0.816. The molecule has 0 spiro atoms. The van der Waals surface area contributed by atoms with E-state index in [1.165, 1.54) is 31.3 Å². The van der Waals surface area contributed by atoms with E-state index in [1.807, 2.05) is 20.8 Å². The first-order valence-electron chi connectivity index (χ1n) is 12.3. The maximum absolute atomic E-state index is 13.8. The molecule has 0 saturated heterocycles. The Balaban J connectivity index is 2.46. The molecule has 1 N–H and O–H groups in total. The van der Waals surface area contributed by atoms with Gasteiger partial charge in [0.2, 0.25) is 21.8 Å². The van der Waals surface area contributed by atoms with Crippen molar-refractivity contribution >= 4 is 27.5 Å². The van der Waals surface area contributed by atoms with Crippen molar-refractivity contribution in [2.75, 3.05) is 45.0 Å². The summed E-state index contributed by atoms with van der Waals surface area (Å²) in [4.78, 5) is 28.3. The third-order valence-electron chi connectivity index (χ3n) is 5.92. The van der Waals surface area contributed by atoms with Crippen LogP contribution >= 0.6 is 0 Å². The number of amides is 2. The summed E-state index contributed by atoms with van der Waals surface area (Å²) in [6.07, 6.45) is 1.37. The van der Waals surface area contributed by atoms with Gasteiger partial charge in [0.05, 0.1) is 33.3 Å². The second kappa shape index (κ2) is 13.9. The van der Waals surface area contributed by atoms with Gasteiger partial charge in [0.25, 0.3) is 0 Å². The molecule has 10 nitrogen and oxygen atoms in total. The van der Waals surface area contributed by atoms with Crippen molar-refractivity contribution in [1.29, 1.82) is 0 Å². The molecule has 2 rings (SSSR count). The van der Waals surface area contributed by atoms with Crippen molar-refractivity contribution in [3.8, 4) is 17.2 Å². The molecule has 11 heteroatoms. The van der Waals surface area contributed by atoms with E-state index < -0.39 is 28.5 Å². The molecule has 0 bridgehead atoms. The van der Waals surface area contributed by atoms with Crippen LogP contribution in [-0.4, -0.2) is 71.8 Å². The van der Waals surface area contributed by atoms with Crippen molar-refractivity contribution in [2.45, 2.75) is 39.8 Å². The number of methoxy groups -OCH3 is 3. The number of sulfonamides is 1. The number of rotatable bonds is 14. The number of carbonyl (C=O) groups is 2. The summed E-state index contributed by atoms with van der Waals surface area (Å²) >= 11 is 0. The Morgan fingerprint density at radius 2 is 1.58 bits per heavy atom. The van der Waals surface area contributed by atoms with Crippen LogP contribution in [0.5, 0.6) is 17.2 Å². The Kier molecular flexibility index (Phi) is 11.2. The molecule has 1 atom stereocenters. The molecule has 0 aliphatic carbocycles. The fourth-order valence-corrected chi connectivity index (χ4v) is 4.70. The number of nitrogens with one attached hydrogen (secondary N) is 1. The molecule has 38 heavy (non-hydrogen) atoms. The predicted octanol–water partition coefficient (Wildman–Crippen LogP) is 3.06. The molecule has 0 radical (unpaired) electrons. The molecular formula is C27H39N3O7S. The second-order valence-corrected chi connectivity index (χ2v) is 11.1. The zero-order valence-corrected chi connectivity index (χ0v) is 24.0. The fourth-order valence-electron chi connectivity index (χ4n) is 3.86. The zero-order valence-electron chi connectivity index (χ0n) is 23.2. The Morgan fingerprint density at radius 1 is 0.947 bits per heavy atom. The molecule has 0 fully saturated rings. The number of ether oxygens (including phenoxy) is 3. The Labute approximate surface area is 225 Å². The highest BCUT2D eigenvalue weighted by Crippen LogP contribution is 2.32. The van der Waals surface area contributed by atoms with Crippen LogP contribution < -0.4 is 23.8 Å². The molecule has 0 aromatic heterocycles. The number of hydrogen-bond acceptors (Lipinski definition) is 7. The molecule has 2 aromatic carbocycles. The van der Waals surface area contributed by atoms with E-state index in [1.54, 1.807) is 37.4 Å². The third kappa shape index (κ3) is 8.27. The van der Waals surface area contributed by atoms with Crippen LogP contribution in [0.3, 0.4) is 0 Å². The number of hydrogen-bond donors (Lipinski definition) is 1. The standard InChI is InChI=1S/C27H39N3O7S/c1-8-23(27(32)28-16-19(2)3)29(17-20-9-12-22(35-4)13-10-20)26(31)18-30(38(7,33)34)21-11-14-24(36-5)25(15-21)37-6/h9-15,19,23H,8,16-18H2,1-7H3,(H,28,32). The quantitative estimate of drug-likeness (QED) is 0.385. The van der Waals surface area contributed by atoms with Crippen molar-refractivity contribution in [3.63, 3.8) is 0 Å². The average Bonchev–Trinajstić information content (AvgIpc) is 2.89. The number of anilines is 1. The molecule has 1 unspecified atom stereocenters. The Bertz CT molecular complexity index is 1180. The van der Waals surface area contributed by atoms with Gasteiger partial charge in [-0.2, -0.15) is 0 Å². The van der Waals surface area contributed by atoms with Gasteiger partial charge < -0.3 is 24.4 Å². The van der Waals surface area contributed by atoms with E-state index in [0.717, 1.165) is 16.1 Å². The lowest BCUT2D eigenvalue weighted by Crippen LogP contribution is -2.52. The lowest BCUT2D eigenvalue weighted by atomic mass is 10.1. The smallest absolute Gasteiger partial charge is 0.244 e. The van der Waals surface area contributed by atoms with Crippen LogP contribution in [0.1, 0.15) is 32.8 Å². The molecular weight excluding hydrogens is 510 g/mol. The Morgan fingerprint density at radius 3 is 2.08 bits per heavy atom. The van der Waals surface area contributed by atoms with E-state index in [2.05, 4.69) is 5.32 Å². The van der Waals surface area contributed by atoms with Crippen molar-refractivity contribution in [2.24, 2.45) is 5.92 Å². The highest BCUT2D eigenvalue weighted by atomic mass is 32.2. The molecule has 0 aliphatic heterocycles. The molecule has 0 heterocycles. The first kappa shape index (κ1) is 30.8. The van der Waals surface area contributed by atoms with Gasteiger partial charge in [-0.25, -0.2) is 8.42 Å². The summed E-state index contributed by atoms with van der Waals surface area (Å²) in [6, 6.07) is 11.0. The van der Waals surface area contributed by atoms with Crippen LogP contribution in [-0.2, 0) is 26.2 Å². The van der Waals surface area contributed by atoms with Gasteiger partial charge in [0.1, 0.15) is 18.3 Å². The SMILES string of the molecule is CCC(C(=O)NCC(C)C)N(Cc1ccc(OC)cc1)C(=O)CN(c1ccc(OC)c(OC)c1)S(C)(=O)=O. The zero-order chi connectivity index (χ0) is 28.5. The Hall–Kier alpha value is -3.47. The van der Waals surface area contributed by atoms with E-state index in [4.69, 9.17) is 14.2 Å². The highest BCUT2D eigenvalue weighted by molar-refractivity contribution is 7.92. The minimum atomic E-state index is -3.87. The summed E-state index contributed by atoms with van der Waals surface area (Å²) in [7, 11) is 0.600. The van der Waals surface area contributed by atoms with E-state index in [0.29, 0.717) is 30.2 Å². The number of carbonyl (C=O) groups excluding carboxylic acids is 2. The lowest BCUT2D eigenvalue weighted by molar-refractivity contribution is -0.140. The van der Waals surface area contributed by atoms with E-state index in [-0.39, 0.29) is 24.1 Å². The second-order valence-electron chi connectivity index (χ2n) is 9.24. The van der Waals surface area contributed by atoms with Crippen LogP contribution in [0.4, 0.5) is 5.69 Å². The van der Waals surface area contributed by atoms with Gasteiger partial charge in [-0.1, -0.05) is 32.9 Å². The van der Waals surface area contributed by atoms with Crippen LogP contribution in [0, 0.1) is 5.92 Å². The number of benzene rings is 2. The lowest BCUT2D eigenvalue weighted by Gasteiger charge is -2.33. The average molecular weight is 550 g/mol. The van der Waals surface area contributed by atoms with Gasteiger partial charge in [0, 0.05) is 19.2 Å². The van der Waals surface area contributed by atoms with E-state index in [9.17, 15) is 18.0 Å². The van der Waals surface area contributed by atoms with Gasteiger partial charge in [-0.3, -0.25) is 13.9 Å². The van der Waals surface area contributed by atoms with Crippen molar-refractivity contribution in [3.05, 3.63) is 48.0 Å². The maximum Gasteiger partial charge on any atom is 0.244 e. The molecule has 2 amide bonds. The van der Waals surface area contributed by atoms with Gasteiger partial charge in [-0.15, -0.1) is 0 Å². The minimum Gasteiger partial charge on any atom is -0.497 e. The maximum atomic E-state index is 13.8. The van der Waals surface area contributed by atoms with Gasteiger partial charge in [0.15, 0.2) is 11.5 Å². The third-order valence-corrected chi connectivity index (χ3v) is 7.06. The predicted molar refractivity (Wildman–Crippen MR) is 147 cm³/mol. The van der Waals surface area contributed by atoms with Crippen molar-refractivity contribution < 1.29 is 32.2 Å². The summed E-state index contributed by atoms with van der Waals surface area (Å²) in [5.41, 5.74) is 1.01. The van der Waals surface area contributed by atoms with Gasteiger partial charge in [-0.05, 0) is 42.2 Å². The monoisotopic (exact) mass is 549 g/mol. The van der Waals surface area contributed by atoms with Gasteiger partial charge >= 0.3 is 0 Å². The van der Waals surface area contributed by atoms with Crippen LogP contribution in [0.15, 0.2) is 42.5 Å². The molecule has 0 aliphatic rings. The largest absolute Gasteiger partial charge is 0.497 e. The highest BCUT2D eigenvalue weighted by Gasteiger charge is 2.32. The summed E-state index contributed by atoms with van der Waals surface area (Å²) in [6.45, 7) is 5.85. The van der Waals surface area contributed by atoms with Crippen LogP contribution in [0.2, 0.25) is 0 Å². The van der Waals surface area contributed by atoms with E-state index >= 15 is 0 Å². The summed E-state index contributed by atoms with van der Waals surface area (Å²) in [5, 5.41) is 2.90. The normalized spacial score (nSPS) is 12.0. The molecule has 0 saturated carbocycles. The molecule has 210 valence electrons. The first-order valence-corrected chi connectivity index (χ1v) is 14.2. The van der Waals surface area contributed by atoms with Crippen LogP contribution in [0.25, 0.3) is 0 Å². The van der Waals surface area contributed by atoms with Crippen molar-refractivity contribution in [1.82, 2.24) is 10.2 Å². The fraction of sp³-hybridized carbons (Fsp3) is 0.481. The topological polar surface area (TPSA) is 114 Å². The molecule has 2 aromatic rings. The summed E-state index contributed by atoms with van der Waals surface area (Å²) < 4.78 is 42.4. The first-order chi connectivity index (χ1) is 17.9.